The van der Waals surface area contributed by atoms with Crippen LogP contribution in [0.5, 0.6) is 5.75 Å². The van der Waals surface area contributed by atoms with Crippen molar-refractivity contribution in [3.8, 4) is 11.4 Å². The summed E-state index contributed by atoms with van der Waals surface area (Å²) in [7, 11) is 3.70. The number of nitrogens with zero attached hydrogens (tertiary/aromatic N) is 3. The van der Waals surface area contributed by atoms with Gasteiger partial charge in [-0.2, -0.15) is 0 Å². The molecule has 6 nitrogen and oxygen atoms in total. The smallest absolute Gasteiger partial charge is 0.267 e. The van der Waals surface area contributed by atoms with Crippen LogP contribution in [0.1, 0.15) is 20.8 Å². The molecule has 5 rings (SSSR count). The first-order chi connectivity index (χ1) is 16.4. The van der Waals surface area contributed by atoms with E-state index >= 15 is 0 Å². The highest BCUT2D eigenvalue weighted by atomic mass is 79.9. The Balaban J connectivity index is 1.59. The number of methoxy groups -OCH3 is 1. The highest BCUT2D eigenvalue weighted by Crippen LogP contribution is 2.34. The molecule has 0 bridgehead atoms. The number of halogens is 1. The number of hydrogen-bond acceptors (Lipinski definition) is 7. The van der Waals surface area contributed by atoms with Crippen molar-refractivity contribution in [1.29, 1.82) is 0 Å². The van der Waals surface area contributed by atoms with E-state index < -0.39 is 0 Å². The molecule has 2 aromatic carbocycles. The van der Waals surface area contributed by atoms with Crippen LogP contribution in [-0.2, 0) is 13.0 Å². The molecule has 0 N–H and O–H groups in total. The largest absolute Gasteiger partial charge is 0.497 e. The van der Waals surface area contributed by atoms with Crippen molar-refractivity contribution in [1.82, 2.24) is 14.5 Å². The van der Waals surface area contributed by atoms with E-state index in [1.807, 2.05) is 36.4 Å². The molecular weight excluding hydrogens is 534 g/mol. The lowest BCUT2D eigenvalue weighted by atomic mass is 10.1. The number of thioether (sulfide) groups is 1. The van der Waals surface area contributed by atoms with Gasteiger partial charge in [-0.3, -0.25) is 14.2 Å². The van der Waals surface area contributed by atoms with Gasteiger partial charge in [0.15, 0.2) is 10.9 Å². The predicted molar refractivity (Wildman–Crippen MR) is 141 cm³/mol. The van der Waals surface area contributed by atoms with Crippen LogP contribution < -0.4 is 10.3 Å². The summed E-state index contributed by atoms with van der Waals surface area (Å²) < 4.78 is 7.84. The van der Waals surface area contributed by atoms with Crippen LogP contribution in [0.15, 0.2) is 63.0 Å². The van der Waals surface area contributed by atoms with Crippen LogP contribution in [0, 0.1) is 0 Å². The van der Waals surface area contributed by atoms with E-state index in [9.17, 15) is 9.59 Å². The van der Waals surface area contributed by atoms with Crippen LogP contribution in [0.25, 0.3) is 15.9 Å². The normalized spacial score (nSPS) is 13.7. The average Bonchev–Trinajstić information content (AvgIpc) is 3.20. The van der Waals surface area contributed by atoms with Gasteiger partial charge >= 0.3 is 0 Å². The lowest BCUT2D eigenvalue weighted by molar-refractivity contribution is 0.102. The van der Waals surface area contributed by atoms with Gasteiger partial charge in [0, 0.05) is 28.0 Å². The number of thiophene rings is 1. The SMILES string of the molecule is COc1ccc(-n2c(SCC(=O)c3ccc(Br)cc3)nc3sc4c(c3c2=O)CCN(C)C4)cc1. The number of aromatic nitrogens is 2. The van der Waals surface area contributed by atoms with Gasteiger partial charge in [-0.15, -0.1) is 11.3 Å². The van der Waals surface area contributed by atoms with E-state index in [0.717, 1.165) is 34.4 Å². The second-order valence-corrected chi connectivity index (χ2v) is 11.1. The third-order valence-corrected chi connectivity index (χ3v) is 8.44. The fraction of sp³-hybridized carbons (Fsp3) is 0.240. The third-order valence-electron chi connectivity index (χ3n) is 5.86. The highest BCUT2D eigenvalue weighted by molar-refractivity contribution is 9.10. The molecule has 1 aliphatic heterocycles. The number of carbonyl (C=O) groups excluding carboxylic acids is 1. The third kappa shape index (κ3) is 4.45. The monoisotopic (exact) mass is 555 g/mol. The van der Waals surface area contributed by atoms with Gasteiger partial charge in [-0.05, 0) is 55.4 Å². The molecule has 34 heavy (non-hydrogen) atoms. The molecule has 0 amide bonds. The Labute approximate surface area is 213 Å². The first-order valence-electron chi connectivity index (χ1n) is 10.8. The fourth-order valence-corrected chi connectivity index (χ4v) is 6.57. The summed E-state index contributed by atoms with van der Waals surface area (Å²) in [4.78, 5) is 35.8. The van der Waals surface area contributed by atoms with Gasteiger partial charge in [-0.25, -0.2) is 4.98 Å². The Morgan fingerprint density at radius 1 is 1.18 bits per heavy atom. The van der Waals surface area contributed by atoms with Gasteiger partial charge in [-0.1, -0.05) is 39.8 Å². The maximum Gasteiger partial charge on any atom is 0.267 e. The van der Waals surface area contributed by atoms with E-state index in [4.69, 9.17) is 9.72 Å². The van der Waals surface area contributed by atoms with Crippen LogP contribution in [0.3, 0.4) is 0 Å². The maximum atomic E-state index is 13.9. The summed E-state index contributed by atoms with van der Waals surface area (Å²) in [5.41, 5.74) is 2.35. The van der Waals surface area contributed by atoms with E-state index in [1.165, 1.54) is 16.6 Å². The Kier molecular flexibility index (Phi) is 6.61. The molecule has 0 spiro atoms. The number of carbonyl (C=O) groups is 1. The summed E-state index contributed by atoms with van der Waals surface area (Å²) in [6.07, 6.45) is 0.833. The van der Waals surface area contributed by atoms with Crippen molar-refractivity contribution in [2.24, 2.45) is 0 Å². The molecule has 3 heterocycles. The van der Waals surface area contributed by atoms with Crippen molar-refractivity contribution in [2.75, 3.05) is 26.5 Å². The molecule has 174 valence electrons. The summed E-state index contributed by atoms with van der Waals surface area (Å²) in [6, 6.07) is 14.6. The fourth-order valence-electron chi connectivity index (χ4n) is 4.06. The lowest BCUT2D eigenvalue weighted by Crippen LogP contribution is -2.27. The van der Waals surface area contributed by atoms with Gasteiger partial charge in [0.2, 0.25) is 0 Å². The minimum absolute atomic E-state index is 0.0137. The number of ketones is 1. The number of fused-ring (bicyclic) bond motifs is 3. The Morgan fingerprint density at radius 2 is 1.91 bits per heavy atom. The zero-order valence-electron chi connectivity index (χ0n) is 18.7. The van der Waals surface area contributed by atoms with Crippen molar-refractivity contribution in [2.45, 2.75) is 18.1 Å². The van der Waals surface area contributed by atoms with E-state index in [0.29, 0.717) is 27.5 Å². The van der Waals surface area contributed by atoms with Gasteiger partial charge in [0.25, 0.3) is 5.56 Å². The number of benzene rings is 2. The minimum Gasteiger partial charge on any atom is -0.497 e. The summed E-state index contributed by atoms with van der Waals surface area (Å²) in [5, 5.41) is 1.22. The summed E-state index contributed by atoms with van der Waals surface area (Å²) in [5.74, 6) is 0.880. The minimum atomic E-state index is -0.0872. The zero-order chi connectivity index (χ0) is 23.8. The predicted octanol–water partition coefficient (Wildman–Crippen LogP) is 5.18. The molecule has 0 radical (unpaired) electrons. The Bertz CT molecular complexity index is 1430. The van der Waals surface area contributed by atoms with Crippen LogP contribution >= 0.6 is 39.0 Å². The summed E-state index contributed by atoms with van der Waals surface area (Å²) >= 11 is 6.27. The number of ether oxygens (including phenoxy) is 1. The number of hydrogen-bond donors (Lipinski definition) is 0. The first-order valence-corrected chi connectivity index (χ1v) is 13.4. The molecular formula is C25H22BrN3O3S2. The van der Waals surface area contributed by atoms with Crippen LogP contribution in [-0.4, -0.2) is 46.7 Å². The standard InChI is InChI=1S/C25H22BrN3O3S2/c1-28-12-11-19-21(13-28)34-23-22(19)24(31)29(17-7-9-18(32-2)10-8-17)25(27-23)33-14-20(30)15-3-5-16(26)6-4-15/h3-10H,11-14H2,1-2H3. The zero-order valence-corrected chi connectivity index (χ0v) is 21.9. The van der Waals surface area contributed by atoms with Gasteiger partial charge in [0.1, 0.15) is 10.6 Å². The second-order valence-electron chi connectivity index (χ2n) is 8.12. The van der Waals surface area contributed by atoms with E-state index in [1.54, 1.807) is 35.1 Å². The van der Waals surface area contributed by atoms with Crippen LogP contribution in [0.4, 0.5) is 0 Å². The topological polar surface area (TPSA) is 64.4 Å². The maximum absolute atomic E-state index is 13.9. The second kappa shape index (κ2) is 9.65. The molecule has 0 fully saturated rings. The average molecular weight is 557 g/mol. The molecule has 0 saturated carbocycles. The van der Waals surface area contributed by atoms with E-state index in [2.05, 4.69) is 27.9 Å². The number of rotatable bonds is 6. The Hall–Kier alpha value is -2.46. The molecule has 9 heteroatoms. The molecule has 0 aliphatic carbocycles. The first kappa shape index (κ1) is 23.3. The van der Waals surface area contributed by atoms with Gasteiger partial charge in [0.05, 0.1) is 23.9 Å². The number of likely N-dealkylation sites (N-methyl/N-ethyl adjacent to an activating group) is 1. The van der Waals surface area contributed by atoms with Crippen molar-refractivity contribution < 1.29 is 9.53 Å². The molecule has 0 atom stereocenters. The van der Waals surface area contributed by atoms with Crippen LogP contribution in [0.2, 0.25) is 0 Å². The Morgan fingerprint density at radius 3 is 2.62 bits per heavy atom. The van der Waals surface area contributed by atoms with E-state index in [-0.39, 0.29) is 17.1 Å². The van der Waals surface area contributed by atoms with Crippen molar-refractivity contribution in [3.05, 3.63) is 79.4 Å². The van der Waals surface area contributed by atoms with Crippen molar-refractivity contribution in [3.63, 3.8) is 0 Å². The van der Waals surface area contributed by atoms with Gasteiger partial charge < -0.3 is 9.64 Å². The molecule has 2 aromatic heterocycles. The molecule has 1 aliphatic rings. The van der Waals surface area contributed by atoms with Crippen molar-refractivity contribution >= 4 is 55.0 Å². The number of Topliss-reactive ketones (excluding diaryl/α,β-unsaturated/α-hetero) is 1. The molecule has 4 aromatic rings. The highest BCUT2D eigenvalue weighted by Gasteiger charge is 2.25. The quantitative estimate of drug-likeness (QED) is 0.185. The summed E-state index contributed by atoms with van der Waals surface area (Å²) in [6.45, 7) is 1.74. The lowest BCUT2D eigenvalue weighted by Gasteiger charge is -2.21. The molecule has 0 saturated heterocycles. The molecule has 0 unspecified atom stereocenters.